The smallest absolute Gasteiger partial charge is 0.290 e. The molecule has 0 bridgehead atoms. The molecule has 1 aliphatic rings. The Labute approximate surface area is 161 Å². The Hall–Kier alpha value is -1.67. The third-order valence-corrected chi connectivity index (χ3v) is 4.94. The predicted octanol–water partition coefficient (Wildman–Crippen LogP) is 2.01. The zero-order chi connectivity index (χ0) is 18.8. The van der Waals surface area contributed by atoms with Crippen LogP contribution in [0.2, 0.25) is 10.0 Å². The number of hydrogen-bond acceptors (Lipinski definition) is 5. The van der Waals surface area contributed by atoms with Gasteiger partial charge < -0.3 is 15.7 Å². The number of aliphatic hydroxyl groups excluding tert-OH is 1. The van der Waals surface area contributed by atoms with Crippen LogP contribution in [0.5, 0.6) is 0 Å². The highest BCUT2D eigenvalue weighted by Crippen LogP contribution is 2.30. The minimum atomic E-state index is -0.464. The van der Waals surface area contributed by atoms with Crippen molar-refractivity contribution < 1.29 is 9.90 Å². The van der Waals surface area contributed by atoms with E-state index in [1.54, 1.807) is 18.2 Å². The number of nitrogens with zero attached hydrogens (tertiary/aromatic N) is 3. The molecule has 2 aromatic rings. The van der Waals surface area contributed by atoms with Gasteiger partial charge in [-0.15, -0.1) is 5.10 Å². The Morgan fingerprint density at radius 3 is 2.65 bits per heavy atom. The molecular formula is C17H21Cl2N5O2. The van der Waals surface area contributed by atoms with E-state index in [1.807, 2.05) is 13.8 Å². The van der Waals surface area contributed by atoms with Gasteiger partial charge in [0, 0.05) is 31.5 Å². The summed E-state index contributed by atoms with van der Waals surface area (Å²) in [5.41, 5.74) is 0.501. The number of nitrogens with one attached hydrogen (secondary N) is 2. The molecule has 1 saturated heterocycles. The van der Waals surface area contributed by atoms with Gasteiger partial charge in [0.15, 0.2) is 0 Å². The van der Waals surface area contributed by atoms with Crippen LogP contribution in [-0.4, -0.2) is 51.5 Å². The molecule has 2 heterocycles. The normalized spacial score (nSPS) is 19.9. The van der Waals surface area contributed by atoms with Crippen LogP contribution in [0.1, 0.15) is 36.2 Å². The zero-order valence-corrected chi connectivity index (χ0v) is 16.1. The lowest BCUT2D eigenvalue weighted by molar-refractivity contribution is 0.0917. The molecule has 2 atom stereocenters. The first kappa shape index (κ1) is 19.1. The summed E-state index contributed by atoms with van der Waals surface area (Å²) in [6.45, 7) is 5.46. The number of halogens is 2. The highest BCUT2D eigenvalue weighted by molar-refractivity contribution is 6.37. The van der Waals surface area contributed by atoms with Gasteiger partial charge in [0.1, 0.15) is 11.5 Å². The average Bonchev–Trinajstić information content (AvgIpc) is 3.19. The molecule has 7 nitrogen and oxygen atoms in total. The summed E-state index contributed by atoms with van der Waals surface area (Å²) in [5.74, 6) is 0.228. The number of para-hydroxylation sites is 1. The fraction of sp³-hybridized carbons (Fsp3) is 0.471. The van der Waals surface area contributed by atoms with Crippen molar-refractivity contribution in [3.05, 3.63) is 39.9 Å². The van der Waals surface area contributed by atoms with Crippen molar-refractivity contribution in [3.8, 4) is 5.69 Å². The van der Waals surface area contributed by atoms with E-state index in [4.69, 9.17) is 23.2 Å². The maximum atomic E-state index is 12.5. The predicted molar refractivity (Wildman–Crippen MR) is 100 cm³/mol. The van der Waals surface area contributed by atoms with E-state index in [1.165, 1.54) is 4.68 Å². The highest BCUT2D eigenvalue weighted by Gasteiger charge is 2.27. The summed E-state index contributed by atoms with van der Waals surface area (Å²) in [6.07, 6.45) is -0.464. The van der Waals surface area contributed by atoms with E-state index in [0.717, 1.165) is 0 Å². The number of carbonyl (C=O) groups is 1. The second kappa shape index (κ2) is 7.92. The first-order chi connectivity index (χ1) is 12.4. The number of rotatable bonds is 5. The fourth-order valence-electron chi connectivity index (χ4n) is 2.88. The molecule has 9 heteroatoms. The van der Waals surface area contributed by atoms with Crippen molar-refractivity contribution in [1.29, 1.82) is 0 Å². The van der Waals surface area contributed by atoms with Gasteiger partial charge in [0.2, 0.25) is 5.82 Å². The largest absolute Gasteiger partial charge is 0.391 e. The average molecular weight is 398 g/mol. The lowest BCUT2D eigenvalue weighted by Crippen LogP contribution is -2.34. The van der Waals surface area contributed by atoms with Crippen molar-refractivity contribution >= 4 is 29.1 Å². The van der Waals surface area contributed by atoms with Crippen molar-refractivity contribution in [2.45, 2.75) is 25.9 Å². The van der Waals surface area contributed by atoms with Gasteiger partial charge in [0.25, 0.3) is 5.91 Å². The van der Waals surface area contributed by atoms with E-state index in [0.29, 0.717) is 41.2 Å². The molecule has 0 spiro atoms. The van der Waals surface area contributed by atoms with Crippen LogP contribution < -0.4 is 10.6 Å². The van der Waals surface area contributed by atoms with Gasteiger partial charge in [-0.1, -0.05) is 43.1 Å². The van der Waals surface area contributed by atoms with Crippen LogP contribution in [0.25, 0.3) is 5.69 Å². The molecule has 0 aliphatic carbocycles. The quantitative estimate of drug-likeness (QED) is 0.717. The standard InChI is InChI=1S/C17H21Cl2N5O2/c1-9(2)16-22-15(17(26)21-7-10-6-20-8-13(10)25)23-24(16)14-11(18)4-3-5-12(14)19/h3-5,9-10,13,20,25H,6-8H2,1-2H3,(H,21,26). The lowest BCUT2D eigenvalue weighted by Gasteiger charge is -2.13. The first-order valence-corrected chi connectivity index (χ1v) is 9.22. The molecular weight excluding hydrogens is 377 g/mol. The molecule has 0 radical (unpaired) electrons. The number of carbonyl (C=O) groups excluding carboxylic acids is 1. The molecule has 1 aromatic heterocycles. The van der Waals surface area contributed by atoms with Crippen molar-refractivity contribution in [1.82, 2.24) is 25.4 Å². The van der Waals surface area contributed by atoms with Gasteiger partial charge in [-0.2, -0.15) is 0 Å². The van der Waals surface area contributed by atoms with E-state index < -0.39 is 12.0 Å². The summed E-state index contributed by atoms with van der Waals surface area (Å²) in [5, 5.41) is 20.9. The van der Waals surface area contributed by atoms with Gasteiger partial charge in [-0.05, 0) is 12.1 Å². The van der Waals surface area contributed by atoms with Gasteiger partial charge in [0.05, 0.1) is 16.1 Å². The lowest BCUT2D eigenvalue weighted by atomic mass is 10.1. The second-order valence-corrected chi connectivity index (χ2v) is 7.44. The number of benzene rings is 1. The van der Waals surface area contributed by atoms with Crippen LogP contribution in [-0.2, 0) is 0 Å². The number of hydrogen-bond donors (Lipinski definition) is 3. The molecule has 1 aromatic carbocycles. The van der Waals surface area contributed by atoms with Crippen LogP contribution in [0, 0.1) is 5.92 Å². The number of amides is 1. The van der Waals surface area contributed by atoms with Crippen molar-refractivity contribution in [3.63, 3.8) is 0 Å². The molecule has 26 heavy (non-hydrogen) atoms. The zero-order valence-electron chi connectivity index (χ0n) is 14.5. The van der Waals surface area contributed by atoms with E-state index in [2.05, 4.69) is 20.7 Å². The third-order valence-electron chi connectivity index (χ3n) is 4.33. The summed E-state index contributed by atoms with van der Waals surface area (Å²) in [6, 6.07) is 5.17. The van der Waals surface area contributed by atoms with Gasteiger partial charge in [-0.3, -0.25) is 4.79 Å². The van der Waals surface area contributed by atoms with E-state index in [-0.39, 0.29) is 17.7 Å². The summed E-state index contributed by atoms with van der Waals surface area (Å²) in [4.78, 5) is 16.9. The van der Waals surface area contributed by atoms with Crippen LogP contribution in [0.4, 0.5) is 0 Å². The van der Waals surface area contributed by atoms with Crippen LogP contribution >= 0.6 is 23.2 Å². The number of aliphatic hydroxyl groups is 1. The Morgan fingerprint density at radius 1 is 1.38 bits per heavy atom. The molecule has 3 rings (SSSR count). The van der Waals surface area contributed by atoms with Crippen LogP contribution in [0.3, 0.4) is 0 Å². The number of aromatic nitrogens is 3. The molecule has 1 fully saturated rings. The van der Waals surface area contributed by atoms with Crippen LogP contribution in [0.15, 0.2) is 18.2 Å². The summed E-state index contributed by atoms with van der Waals surface area (Å²) >= 11 is 12.6. The van der Waals surface area contributed by atoms with Gasteiger partial charge >= 0.3 is 0 Å². The molecule has 1 aliphatic heterocycles. The number of β-amino-alcohol motifs (C(OH)–C–C–N with tert-alkyl or cyclic N) is 1. The monoisotopic (exact) mass is 397 g/mol. The van der Waals surface area contributed by atoms with E-state index in [9.17, 15) is 9.90 Å². The van der Waals surface area contributed by atoms with E-state index >= 15 is 0 Å². The minimum absolute atomic E-state index is 0.0113. The highest BCUT2D eigenvalue weighted by atomic mass is 35.5. The minimum Gasteiger partial charge on any atom is -0.391 e. The molecule has 140 valence electrons. The maximum absolute atomic E-state index is 12.5. The fourth-order valence-corrected chi connectivity index (χ4v) is 3.44. The Bertz CT molecular complexity index is 788. The Morgan fingerprint density at radius 2 is 2.08 bits per heavy atom. The van der Waals surface area contributed by atoms with Crippen molar-refractivity contribution in [2.24, 2.45) is 5.92 Å². The Balaban J connectivity index is 1.86. The van der Waals surface area contributed by atoms with Gasteiger partial charge in [-0.25, -0.2) is 9.67 Å². The molecule has 1 amide bonds. The topological polar surface area (TPSA) is 92.1 Å². The molecule has 0 saturated carbocycles. The Kier molecular flexibility index (Phi) is 5.82. The SMILES string of the molecule is CC(C)c1nc(C(=O)NCC2CNCC2O)nn1-c1c(Cl)cccc1Cl. The van der Waals surface area contributed by atoms with Crippen molar-refractivity contribution in [2.75, 3.05) is 19.6 Å². The molecule has 2 unspecified atom stereocenters. The summed E-state index contributed by atoms with van der Waals surface area (Å²) in [7, 11) is 0. The second-order valence-electron chi connectivity index (χ2n) is 6.63. The third kappa shape index (κ3) is 3.86. The maximum Gasteiger partial charge on any atom is 0.290 e. The first-order valence-electron chi connectivity index (χ1n) is 8.46. The molecule has 3 N–H and O–H groups in total. The summed E-state index contributed by atoms with van der Waals surface area (Å²) < 4.78 is 1.52.